The van der Waals surface area contributed by atoms with Gasteiger partial charge in [-0.2, -0.15) is 9.97 Å². The molecule has 0 amide bonds. The van der Waals surface area contributed by atoms with E-state index in [1.54, 1.807) is 0 Å². The predicted octanol–water partition coefficient (Wildman–Crippen LogP) is 5.68. The molecule has 4 atom stereocenters. The number of aromatic hydroxyl groups is 1. The Labute approximate surface area is 282 Å². The number of ether oxygens (including phenoxy) is 1. The fraction of sp³-hybridized carbons (Fsp3) is 0.389. The Morgan fingerprint density at radius 1 is 1.14 bits per heavy atom. The Balaban J connectivity index is 1.23. The number of aromatic nitrogens is 2. The SMILES string of the molecule is C#Cc1c(F)ccc2cc(O)cc(-c3c([N+](=O)[O-])cc4c(N5C[C@H]6CC[C@@H](C5)N6)nc(OC[C@@]56C=CCN5C[C@@]5(CC5(F)F)C6)nc4c3F)c12. The zero-order chi connectivity index (χ0) is 34.7. The number of rotatable bonds is 6. The number of hydrogen-bond donors (Lipinski definition) is 2. The van der Waals surface area contributed by atoms with Gasteiger partial charge in [-0.15, -0.1) is 6.42 Å². The highest BCUT2D eigenvalue weighted by atomic mass is 19.3. The van der Waals surface area contributed by atoms with Crippen molar-refractivity contribution in [1.29, 1.82) is 0 Å². The number of piperazine rings is 1. The van der Waals surface area contributed by atoms with Crippen LogP contribution in [0.4, 0.5) is 29.1 Å². The fourth-order valence-electron chi connectivity index (χ4n) is 8.83. The summed E-state index contributed by atoms with van der Waals surface area (Å²) in [4.78, 5) is 24.9. The summed E-state index contributed by atoms with van der Waals surface area (Å²) in [6.07, 6.45) is 11.3. The van der Waals surface area contributed by atoms with Crippen LogP contribution in [0.25, 0.3) is 32.8 Å². The van der Waals surface area contributed by atoms with Crippen LogP contribution in [0, 0.1) is 39.5 Å². The van der Waals surface area contributed by atoms with Crippen molar-refractivity contribution < 1.29 is 32.3 Å². The van der Waals surface area contributed by atoms with Crippen molar-refractivity contribution in [2.24, 2.45) is 5.41 Å². The van der Waals surface area contributed by atoms with Crippen LogP contribution in [-0.2, 0) is 0 Å². The third kappa shape index (κ3) is 4.49. The Bertz CT molecular complexity index is 2230. The van der Waals surface area contributed by atoms with Gasteiger partial charge >= 0.3 is 6.01 Å². The number of fused-ring (bicyclic) bond motifs is 5. The van der Waals surface area contributed by atoms with Gasteiger partial charge in [0, 0.05) is 61.7 Å². The van der Waals surface area contributed by atoms with Crippen molar-refractivity contribution in [2.75, 3.05) is 37.7 Å². The molecule has 0 unspecified atom stereocenters. The van der Waals surface area contributed by atoms with Crippen molar-refractivity contribution in [3.8, 4) is 35.2 Å². The van der Waals surface area contributed by atoms with E-state index in [4.69, 9.17) is 11.2 Å². The van der Waals surface area contributed by atoms with Gasteiger partial charge < -0.3 is 20.1 Å². The summed E-state index contributed by atoms with van der Waals surface area (Å²) in [7, 11) is 0. The normalized spacial score (nSPS) is 27.7. The van der Waals surface area contributed by atoms with Crippen molar-refractivity contribution in [3.63, 3.8) is 0 Å². The largest absolute Gasteiger partial charge is 0.508 e. The topological polar surface area (TPSA) is 117 Å². The first-order chi connectivity index (χ1) is 23.9. The quantitative estimate of drug-likeness (QED) is 0.0869. The fourth-order valence-corrected chi connectivity index (χ4v) is 8.83. The molecule has 1 aliphatic carbocycles. The van der Waals surface area contributed by atoms with Crippen LogP contribution in [0.2, 0.25) is 0 Å². The number of anilines is 1. The van der Waals surface area contributed by atoms with Gasteiger partial charge in [0.2, 0.25) is 0 Å². The van der Waals surface area contributed by atoms with Crippen LogP contribution in [-0.4, -0.2) is 81.2 Å². The number of nitrogens with zero attached hydrogens (tertiary/aromatic N) is 5. The standard InChI is InChI=1S/C36H30F4N6O4/c1-2-23-26(37)7-4-19-10-22(47)11-24(28(19)23)29-27(46(48)49)12-25-31(30(29)38)42-33(43-32(25)44-13-20-5-6-21(14-44)41-20)50-18-35-8-3-9-45(35)17-34(15-35)16-36(34,39)40/h1,3-4,7-8,10-12,20-21,41,47H,5-6,9,13-18H2/t20-,21+,34-,35-/m0/s1. The summed E-state index contributed by atoms with van der Waals surface area (Å²) < 4.78 is 67.3. The van der Waals surface area contributed by atoms with Gasteiger partial charge in [0.05, 0.1) is 32.4 Å². The van der Waals surface area contributed by atoms with Crippen LogP contribution in [0.15, 0.2) is 42.5 Å². The highest BCUT2D eigenvalue weighted by Gasteiger charge is 2.76. The van der Waals surface area contributed by atoms with Gasteiger partial charge in [-0.05, 0) is 42.8 Å². The maximum Gasteiger partial charge on any atom is 0.319 e. The number of nitrogens with one attached hydrogen (secondary N) is 1. The number of hydrogen-bond acceptors (Lipinski definition) is 9. The average molecular weight is 687 g/mol. The van der Waals surface area contributed by atoms with E-state index in [9.17, 15) is 28.4 Å². The molecule has 1 aromatic heterocycles. The summed E-state index contributed by atoms with van der Waals surface area (Å²) in [5.41, 5.74) is -3.86. The summed E-state index contributed by atoms with van der Waals surface area (Å²) in [6.45, 7) is 1.65. The number of nitro benzene ring substituents is 1. The molecule has 4 aliphatic heterocycles. The minimum atomic E-state index is -2.75. The molecule has 9 rings (SSSR count). The van der Waals surface area contributed by atoms with E-state index in [-0.39, 0.29) is 88.5 Å². The zero-order valence-corrected chi connectivity index (χ0v) is 26.6. The Morgan fingerprint density at radius 2 is 1.90 bits per heavy atom. The Hall–Kier alpha value is -5.00. The first-order valence-corrected chi connectivity index (χ1v) is 16.5. The maximum atomic E-state index is 17.2. The summed E-state index contributed by atoms with van der Waals surface area (Å²) in [5.74, 6) is -2.50. The van der Waals surface area contributed by atoms with E-state index in [2.05, 4.69) is 21.2 Å². The summed E-state index contributed by atoms with van der Waals surface area (Å²) >= 11 is 0. The monoisotopic (exact) mass is 686 g/mol. The number of benzene rings is 3. The highest BCUT2D eigenvalue weighted by molar-refractivity contribution is 6.06. The molecule has 2 bridgehead atoms. The molecule has 4 aromatic rings. The van der Waals surface area contributed by atoms with Crippen molar-refractivity contribution in [1.82, 2.24) is 20.2 Å². The second-order valence-electron chi connectivity index (χ2n) is 14.3. The van der Waals surface area contributed by atoms with E-state index in [0.29, 0.717) is 19.6 Å². The number of phenolic OH excluding ortho intramolecular Hbond substituents is 1. The minimum Gasteiger partial charge on any atom is -0.508 e. The number of phenols is 1. The van der Waals surface area contributed by atoms with Gasteiger partial charge in [-0.1, -0.05) is 24.1 Å². The van der Waals surface area contributed by atoms with E-state index in [1.165, 1.54) is 18.2 Å². The van der Waals surface area contributed by atoms with E-state index in [0.717, 1.165) is 25.0 Å². The third-order valence-electron chi connectivity index (χ3n) is 11.2. The van der Waals surface area contributed by atoms with Crippen LogP contribution in [0.1, 0.15) is 31.2 Å². The molecule has 5 aliphatic rings. The maximum absolute atomic E-state index is 17.2. The van der Waals surface area contributed by atoms with Crippen molar-refractivity contribution in [2.45, 2.75) is 49.2 Å². The Kier molecular flexibility index (Phi) is 6.52. The lowest BCUT2D eigenvalue weighted by Crippen LogP contribution is -2.51. The molecule has 10 nitrogen and oxygen atoms in total. The molecule has 4 fully saturated rings. The molecule has 50 heavy (non-hydrogen) atoms. The molecule has 1 saturated carbocycles. The second-order valence-corrected chi connectivity index (χ2v) is 14.3. The summed E-state index contributed by atoms with van der Waals surface area (Å²) in [6, 6.07) is 6.09. The van der Waals surface area contributed by atoms with Crippen molar-refractivity contribution in [3.05, 3.63) is 69.8 Å². The van der Waals surface area contributed by atoms with E-state index in [1.807, 2.05) is 22.0 Å². The first kappa shape index (κ1) is 31.0. The molecular weight excluding hydrogens is 656 g/mol. The molecule has 14 heteroatoms. The lowest BCUT2D eigenvalue weighted by Gasteiger charge is -2.34. The van der Waals surface area contributed by atoms with Crippen LogP contribution in [0.5, 0.6) is 11.8 Å². The number of nitro groups is 1. The zero-order valence-electron chi connectivity index (χ0n) is 26.6. The molecular formula is C36H30F4N6O4. The van der Waals surface area contributed by atoms with Crippen molar-refractivity contribution >= 4 is 33.2 Å². The number of terminal acetylenes is 1. The van der Waals surface area contributed by atoms with E-state index < -0.39 is 44.7 Å². The van der Waals surface area contributed by atoms with Crippen LogP contribution in [0.3, 0.4) is 0 Å². The second kappa shape index (κ2) is 10.5. The Morgan fingerprint density at radius 3 is 2.60 bits per heavy atom. The highest BCUT2D eigenvalue weighted by Crippen LogP contribution is 2.68. The van der Waals surface area contributed by atoms with E-state index >= 15 is 4.39 Å². The van der Waals surface area contributed by atoms with Crippen LogP contribution >= 0.6 is 0 Å². The predicted molar refractivity (Wildman–Crippen MR) is 176 cm³/mol. The molecule has 2 N–H and O–H groups in total. The lowest BCUT2D eigenvalue weighted by molar-refractivity contribution is -0.384. The molecule has 1 spiro atoms. The summed E-state index contributed by atoms with van der Waals surface area (Å²) in [5, 5.41) is 27.1. The lowest BCUT2D eigenvalue weighted by atomic mass is 9.91. The number of alkyl halides is 2. The molecule has 5 heterocycles. The molecule has 0 radical (unpaired) electrons. The van der Waals surface area contributed by atoms with Crippen LogP contribution < -0.4 is 15.0 Å². The molecule has 256 valence electrons. The smallest absolute Gasteiger partial charge is 0.319 e. The number of halogens is 4. The van der Waals surface area contributed by atoms with Gasteiger partial charge in [-0.25, -0.2) is 17.6 Å². The van der Waals surface area contributed by atoms with Gasteiger partial charge in [0.25, 0.3) is 11.6 Å². The van der Waals surface area contributed by atoms with Gasteiger partial charge in [-0.3, -0.25) is 15.0 Å². The minimum absolute atomic E-state index is 0.00957. The first-order valence-electron chi connectivity index (χ1n) is 16.5. The molecule has 3 saturated heterocycles. The average Bonchev–Trinajstić information content (AvgIpc) is 3.40. The third-order valence-corrected chi connectivity index (χ3v) is 11.2. The van der Waals surface area contributed by atoms with Gasteiger partial charge in [0.1, 0.15) is 29.5 Å². The van der Waals surface area contributed by atoms with Gasteiger partial charge in [0.15, 0.2) is 5.82 Å². The molecule has 3 aromatic carbocycles.